The van der Waals surface area contributed by atoms with Gasteiger partial charge < -0.3 is 10.6 Å². The molecule has 0 aromatic heterocycles. The molecule has 0 spiro atoms. The largest absolute Gasteiger partial charge is 0.384 e. The minimum atomic E-state index is 0.111. The first-order valence-corrected chi connectivity index (χ1v) is 6.78. The highest BCUT2D eigenvalue weighted by atomic mass is 28.1. The monoisotopic (exact) mass is 247 g/mol. The Morgan fingerprint density at radius 3 is 2.12 bits per heavy atom. The molecule has 0 aliphatic heterocycles. The van der Waals surface area contributed by atoms with E-state index in [1.807, 2.05) is 0 Å². The van der Waals surface area contributed by atoms with Gasteiger partial charge in [0, 0.05) is 13.1 Å². The molecule has 0 bridgehead atoms. The van der Waals surface area contributed by atoms with Crippen molar-refractivity contribution in [2.75, 3.05) is 23.7 Å². The maximum atomic E-state index is 3.73. The zero-order chi connectivity index (χ0) is 13.1. The first-order chi connectivity index (χ1) is 7.91. The van der Waals surface area contributed by atoms with Crippen LogP contribution in [0.3, 0.4) is 0 Å². The quantitative estimate of drug-likeness (QED) is 0.799. The van der Waals surface area contributed by atoms with E-state index in [2.05, 4.69) is 67.6 Å². The van der Waals surface area contributed by atoms with E-state index >= 15 is 0 Å². The second-order valence-corrected chi connectivity index (χ2v) is 5.76. The summed E-state index contributed by atoms with van der Waals surface area (Å²) in [5.74, 6) is 0. The van der Waals surface area contributed by atoms with Gasteiger partial charge in [0.2, 0.25) is 0 Å². The van der Waals surface area contributed by atoms with Gasteiger partial charge in [0.15, 0.2) is 0 Å². The molecule has 0 unspecified atom stereocenters. The van der Waals surface area contributed by atoms with Crippen LogP contribution in [-0.4, -0.2) is 23.3 Å². The molecule has 0 atom stereocenters. The molecule has 2 nitrogen and oxygen atoms in total. The lowest BCUT2D eigenvalue weighted by atomic mass is 9.85. The minimum absolute atomic E-state index is 0.111. The summed E-state index contributed by atoms with van der Waals surface area (Å²) in [7, 11) is 3.73. The molecule has 3 heteroatoms. The van der Waals surface area contributed by atoms with Crippen molar-refractivity contribution in [2.45, 2.75) is 40.0 Å². The number of rotatable bonds is 4. The van der Waals surface area contributed by atoms with Crippen LogP contribution < -0.4 is 15.8 Å². The molecule has 0 aliphatic carbocycles. The van der Waals surface area contributed by atoms with E-state index in [9.17, 15) is 0 Å². The predicted octanol–water partition coefficient (Wildman–Crippen LogP) is 2.64. The van der Waals surface area contributed by atoms with Gasteiger partial charge >= 0.3 is 0 Å². The van der Waals surface area contributed by atoms with Crippen molar-refractivity contribution in [1.82, 2.24) is 0 Å². The van der Waals surface area contributed by atoms with Crippen molar-refractivity contribution < 1.29 is 0 Å². The lowest BCUT2D eigenvalue weighted by Crippen LogP contribution is -2.26. The van der Waals surface area contributed by atoms with Gasteiger partial charge in [0.25, 0.3) is 0 Å². The maximum Gasteiger partial charge on any atom is 0.0717 e. The van der Waals surface area contributed by atoms with E-state index in [-0.39, 0.29) is 5.41 Å². The predicted molar refractivity (Wildman–Crippen MR) is 78.9 cm³/mol. The normalized spacial score (nSPS) is 11.4. The zero-order valence-corrected chi connectivity index (χ0v) is 12.6. The molecular weight excluding hydrogens is 224 g/mol. The van der Waals surface area contributed by atoms with Crippen LogP contribution in [0.5, 0.6) is 0 Å². The van der Waals surface area contributed by atoms with Crippen LogP contribution in [0.25, 0.3) is 0 Å². The minimum Gasteiger partial charge on any atom is -0.384 e. The fourth-order valence-electron chi connectivity index (χ4n) is 2.08. The summed E-state index contributed by atoms with van der Waals surface area (Å²) in [6, 6.07) is 4.25. The Balaban J connectivity index is 3.37. The van der Waals surface area contributed by atoms with Crippen LogP contribution >= 0.6 is 0 Å². The van der Waals surface area contributed by atoms with Gasteiger partial charge in [-0.2, -0.15) is 0 Å². The molecule has 0 saturated heterocycles. The van der Waals surface area contributed by atoms with Gasteiger partial charge in [-0.15, -0.1) is 0 Å². The summed E-state index contributed by atoms with van der Waals surface area (Å²) in [6.45, 7) is 12.8. The Morgan fingerprint density at radius 1 is 1.06 bits per heavy atom. The Hall–Kier alpha value is -0.963. The number of hydrogen-bond donors (Lipinski definition) is 2. The van der Waals surface area contributed by atoms with Crippen LogP contribution in [0.1, 0.15) is 40.2 Å². The summed E-state index contributed by atoms with van der Waals surface area (Å²) < 4.78 is 0. The topological polar surface area (TPSA) is 24.1 Å². The number of nitrogens with one attached hydrogen (secondary N) is 2. The lowest BCUT2D eigenvalue weighted by molar-refractivity contribution is 0.596. The van der Waals surface area contributed by atoms with Crippen LogP contribution in [-0.2, 0) is 5.41 Å². The summed E-state index contributed by atoms with van der Waals surface area (Å²) >= 11 is 0. The molecule has 1 aromatic carbocycles. The zero-order valence-electron chi connectivity index (χ0n) is 11.6. The highest BCUT2D eigenvalue weighted by molar-refractivity contribution is 6.34. The van der Waals surface area contributed by atoms with Crippen molar-refractivity contribution in [1.29, 1.82) is 0 Å². The van der Waals surface area contributed by atoms with E-state index < -0.39 is 0 Å². The van der Waals surface area contributed by atoms with Gasteiger partial charge in [0.1, 0.15) is 0 Å². The maximum absolute atomic E-state index is 3.73. The van der Waals surface area contributed by atoms with Crippen LogP contribution in [0.4, 0.5) is 11.4 Å². The molecule has 0 fully saturated rings. The third-order valence-electron chi connectivity index (χ3n) is 2.68. The van der Waals surface area contributed by atoms with Crippen LogP contribution in [0, 0.1) is 0 Å². The molecule has 17 heavy (non-hydrogen) atoms. The number of benzene rings is 1. The Morgan fingerprint density at radius 2 is 1.65 bits per heavy atom. The molecule has 2 N–H and O–H groups in total. The van der Waals surface area contributed by atoms with E-state index in [0.29, 0.717) is 0 Å². The van der Waals surface area contributed by atoms with Gasteiger partial charge in [-0.1, -0.05) is 32.0 Å². The Bertz CT molecular complexity index is 381. The smallest absolute Gasteiger partial charge is 0.0717 e. The van der Waals surface area contributed by atoms with Gasteiger partial charge in [0.05, 0.1) is 21.6 Å². The Kier molecular flexibility index (Phi) is 4.63. The van der Waals surface area contributed by atoms with Crippen molar-refractivity contribution in [2.24, 2.45) is 0 Å². The van der Waals surface area contributed by atoms with E-state index in [1.54, 1.807) is 0 Å². The fraction of sp³-hybridized carbons (Fsp3) is 0.571. The number of hydrogen-bond acceptors (Lipinski definition) is 2. The second-order valence-electron chi connectivity index (χ2n) is 5.22. The third kappa shape index (κ3) is 3.25. The molecular formula is C14H23N2Si. The highest BCUT2D eigenvalue weighted by Crippen LogP contribution is 2.33. The average Bonchev–Trinajstić information content (AvgIpc) is 2.21. The Labute approximate surface area is 109 Å². The van der Waals surface area contributed by atoms with Crippen molar-refractivity contribution in [3.05, 3.63) is 17.7 Å². The molecule has 0 saturated carbocycles. The lowest BCUT2D eigenvalue weighted by Gasteiger charge is -2.28. The van der Waals surface area contributed by atoms with Gasteiger partial charge in [-0.25, -0.2) is 0 Å². The van der Waals surface area contributed by atoms with Gasteiger partial charge in [-0.05, 0) is 30.9 Å². The van der Waals surface area contributed by atoms with Crippen molar-refractivity contribution >= 4 is 26.8 Å². The number of anilines is 2. The molecule has 1 aromatic rings. The standard InChI is InChI=1S/C14H23N2Si/c1-6-15-10-8-9-11(17)12(14(3,4)5)13(10)16-7-2/h8-9,15-16H,6-7H2,1-5H3. The molecule has 3 radical (unpaired) electrons. The van der Waals surface area contributed by atoms with E-state index in [4.69, 9.17) is 0 Å². The van der Waals surface area contributed by atoms with Gasteiger partial charge in [-0.3, -0.25) is 0 Å². The summed E-state index contributed by atoms with van der Waals surface area (Å²) in [5, 5.41) is 8.06. The molecule has 0 heterocycles. The van der Waals surface area contributed by atoms with Crippen molar-refractivity contribution in [3.8, 4) is 0 Å². The van der Waals surface area contributed by atoms with E-state index in [1.165, 1.54) is 16.9 Å². The summed E-state index contributed by atoms with van der Waals surface area (Å²) in [6.07, 6.45) is 0. The summed E-state index contributed by atoms with van der Waals surface area (Å²) in [4.78, 5) is 0. The molecule has 1 rings (SSSR count). The molecule has 93 valence electrons. The SMILES string of the molecule is CCNc1ccc([Si])c(C(C)(C)C)c1NCC. The molecule has 0 amide bonds. The molecule has 0 aliphatic rings. The second kappa shape index (κ2) is 5.58. The van der Waals surface area contributed by atoms with Crippen LogP contribution in [0.2, 0.25) is 0 Å². The third-order valence-corrected chi connectivity index (χ3v) is 3.09. The van der Waals surface area contributed by atoms with Crippen LogP contribution in [0.15, 0.2) is 12.1 Å². The fourth-order valence-corrected chi connectivity index (χ4v) is 2.66. The summed E-state index contributed by atoms with van der Waals surface area (Å²) in [5.41, 5.74) is 3.84. The van der Waals surface area contributed by atoms with E-state index in [0.717, 1.165) is 18.3 Å². The highest BCUT2D eigenvalue weighted by Gasteiger charge is 2.22. The van der Waals surface area contributed by atoms with Crippen molar-refractivity contribution in [3.63, 3.8) is 0 Å². The average molecular weight is 247 g/mol. The first-order valence-electron chi connectivity index (χ1n) is 6.28. The first kappa shape index (κ1) is 14.1.